The van der Waals surface area contributed by atoms with Crippen molar-refractivity contribution in [1.29, 1.82) is 0 Å². The predicted molar refractivity (Wildman–Crippen MR) is 61.7 cm³/mol. The first-order valence-electron chi connectivity index (χ1n) is 4.36. The lowest BCUT2D eigenvalue weighted by Gasteiger charge is -2.01. The molecule has 0 amide bonds. The molecule has 13 heavy (non-hydrogen) atoms. The number of thioether (sulfide) groups is 1. The van der Waals surface area contributed by atoms with Crippen molar-refractivity contribution in [3.8, 4) is 0 Å². The summed E-state index contributed by atoms with van der Waals surface area (Å²) < 4.78 is 0. The van der Waals surface area contributed by atoms with E-state index in [-0.39, 0.29) is 0 Å². The van der Waals surface area contributed by atoms with Crippen LogP contribution in [0.15, 0.2) is 0 Å². The van der Waals surface area contributed by atoms with Gasteiger partial charge in [0, 0.05) is 23.7 Å². The predicted octanol–water partition coefficient (Wildman–Crippen LogP) is 2.21. The Morgan fingerprint density at radius 2 is 2.23 bits per heavy atom. The van der Waals surface area contributed by atoms with E-state index in [1.807, 2.05) is 11.8 Å². The fourth-order valence-corrected chi connectivity index (χ4v) is 2.37. The van der Waals surface area contributed by atoms with Gasteiger partial charge in [0.15, 0.2) is 0 Å². The topological polar surface area (TPSA) is 24.9 Å². The van der Waals surface area contributed by atoms with Crippen molar-refractivity contribution in [2.45, 2.75) is 20.4 Å². The highest BCUT2D eigenvalue weighted by molar-refractivity contribution is 7.98. The number of nitrogens with zero attached hydrogens (tertiary/aromatic N) is 1. The van der Waals surface area contributed by atoms with Crippen molar-refractivity contribution in [3.05, 3.63) is 15.6 Å². The molecule has 0 aliphatic heterocycles. The molecule has 1 heterocycles. The van der Waals surface area contributed by atoms with Crippen LogP contribution in [0.3, 0.4) is 0 Å². The molecule has 0 unspecified atom stereocenters. The Labute approximate surface area is 88.2 Å². The normalized spacial score (nSPS) is 10.7. The molecule has 0 aromatic carbocycles. The van der Waals surface area contributed by atoms with Gasteiger partial charge < -0.3 is 5.32 Å². The van der Waals surface area contributed by atoms with Gasteiger partial charge in [0.2, 0.25) is 0 Å². The van der Waals surface area contributed by atoms with E-state index in [1.54, 1.807) is 11.3 Å². The Morgan fingerprint density at radius 3 is 2.77 bits per heavy atom. The summed E-state index contributed by atoms with van der Waals surface area (Å²) in [6, 6.07) is 0. The van der Waals surface area contributed by atoms with E-state index in [4.69, 9.17) is 0 Å². The summed E-state index contributed by atoms with van der Waals surface area (Å²) in [6.45, 7) is 6.19. The molecule has 74 valence electrons. The van der Waals surface area contributed by atoms with E-state index >= 15 is 0 Å². The maximum Gasteiger partial charge on any atom is 0.0900 e. The summed E-state index contributed by atoms with van der Waals surface area (Å²) >= 11 is 3.66. The molecule has 0 saturated heterocycles. The average molecular weight is 216 g/mol. The van der Waals surface area contributed by atoms with Crippen molar-refractivity contribution in [1.82, 2.24) is 10.3 Å². The Bertz CT molecular complexity index is 258. The lowest BCUT2D eigenvalue weighted by atomic mass is 10.4. The number of rotatable bonds is 5. The average Bonchev–Trinajstić information content (AvgIpc) is 2.39. The second-order valence-electron chi connectivity index (χ2n) is 2.91. The van der Waals surface area contributed by atoms with Gasteiger partial charge in [-0.2, -0.15) is 11.8 Å². The third-order valence-electron chi connectivity index (χ3n) is 1.77. The lowest BCUT2D eigenvalue weighted by Crippen LogP contribution is -2.16. The summed E-state index contributed by atoms with van der Waals surface area (Å²) in [7, 11) is 0. The highest BCUT2D eigenvalue weighted by Gasteiger charge is 2.02. The van der Waals surface area contributed by atoms with Crippen LogP contribution < -0.4 is 5.32 Å². The van der Waals surface area contributed by atoms with Gasteiger partial charge in [-0.3, -0.25) is 0 Å². The largest absolute Gasteiger partial charge is 0.311 e. The minimum atomic E-state index is 0.970. The summed E-state index contributed by atoms with van der Waals surface area (Å²) in [6.07, 6.45) is 2.13. The quantitative estimate of drug-likeness (QED) is 0.764. The second kappa shape index (κ2) is 5.62. The summed E-state index contributed by atoms with van der Waals surface area (Å²) in [5.41, 5.74) is 1.18. The van der Waals surface area contributed by atoms with Gasteiger partial charge in [-0.1, -0.05) is 0 Å². The lowest BCUT2D eigenvalue weighted by molar-refractivity contribution is 0.736. The molecule has 1 aromatic rings. The Balaban J connectivity index is 2.32. The highest BCUT2D eigenvalue weighted by atomic mass is 32.2. The number of nitrogens with one attached hydrogen (secondary N) is 1. The van der Waals surface area contributed by atoms with Gasteiger partial charge in [-0.05, 0) is 20.1 Å². The minimum Gasteiger partial charge on any atom is -0.311 e. The van der Waals surface area contributed by atoms with Crippen LogP contribution in [0.25, 0.3) is 0 Å². The van der Waals surface area contributed by atoms with Gasteiger partial charge in [-0.15, -0.1) is 11.3 Å². The Hall–Kier alpha value is -0.0600. The first-order valence-corrected chi connectivity index (χ1v) is 6.57. The molecule has 2 nitrogen and oxygen atoms in total. The molecule has 1 rings (SSSR count). The van der Waals surface area contributed by atoms with Crippen molar-refractivity contribution in [2.75, 3.05) is 18.6 Å². The van der Waals surface area contributed by atoms with Crippen LogP contribution in [0.1, 0.15) is 15.6 Å². The Morgan fingerprint density at radius 1 is 1.46 bits per heavy atom. The van der Waals surface area contributed by atoms with E-state index in [0.29, 0.717) is 0 Å². The maximum absolute atomic E-state index is 4.38. The monoisotopic (exact) mass is 216 g/mol. The molecule has 1 N–H and O–H groups in total. The molecular formula is C9H16N2S2. The first kappa shape index (κ1) is 11.0. The third-order valence-corrected chi connectivity index (χ3v) is 3.45. The second-order valence-corrected chi connectivity index (χ2v) is 5.18. The number of hydrogen-bond donors (Lipinski definition) is 1. The van der Waals surface area contributed by atoms with E-state index in [2.05, 4.69) is 30.4 Å². The molecule has 0 aliphatic rings. The van der Waals surface area contributed by atoms with Crippen LogP contribution in [0.2, 0.25) is 0 Å². The fourth-order valence-electron chi connectivity index (χ4n) is 1.11. The van der Waals surface area contributed by atoms with Crippen LogP contribution in [0.4, 0.5) is 0 Å². The standard InChI is InChI=1S/C9H16N2S2/c1-7-9(13-8(2)11-7)6-10-4-5-12-3/h10H,4-6H2,1-3H3. The fraction of sp³-hybridized carbons (Fsp3) is 0.667. The minimum absolute atomic E-state index is 0.970. The SMILES string of the molecule is CSCCNCc1sc(C)nc1C. The van der Waals surface area contributed by atoms with Crippen LogP contribution in [-0.4, -0.2) is 23.5 Å². The van der Waals surface area contributed by atoms with Crippen LogP contribution in [-0.2, 0) is 6.54 Å². The molecule has 1 aromatic heterocycles. The molecule has 0 aliphatic carbocycles. The molecule has 0 radical (unpaired) electrons. The number of aromatic nitrogens is 1. The zero-order valence-corrected chi connectivity index (χ0v) is 10.0. The van der Waals surface area contributed by atoms with Gasteiger partial charge in [0.05, 0.1) is 10.7 Å². The van der Waals surface area contributed by atoms with Gasteiger partial charge in [0.25, 0.3) is 0 Å². The van der Waals surface area contributed by atoms with Gasteiger partial charge >= 0.3 is 0 Å². The molecule has 0 atom stereocenters. The molecular weight excluding hydrogens is 200 g/mol. The molecule has 0 fully saturated rings. The third kappa shape index (κ3) is 3.67. The molecule has 0 saturated carbocycles. The summed E-state index contributed by atoms with van der Waals surface area (Å²) in [4.78, 5) is 5.76. The van der Waals surface area contributed by atoms with Crippen molar-refractivity contribution in [2.24, 2.45) is 0 Å². The van der Waals surface area contributed by atoms with E-state index in [0.717, 1.165) is 13.1 Å². The number of hydrogen-bond acceptors (Lipinski definition) is 4. The zero-order chi connectivity index (χ0) is 9.68. The van der Waals surface area contributed by atoms with E-state index in [9.17, 15) is 0 Å². The van der Waals surface area contributed by atoms with Crippen molar-refractivity contribution < 1.29 is 0 Å². The maximum atomic E-state index is 4.38. The summed E-state index contributed by atoms with van der Waals surface area (Å²) in [5.74, 6) is 1.18. The molecule has 0 bridgehead atoms. The number of aryl methyl sites for hydroxylation is 2. The van der Waals surface area contributed by atoms with Crippen LogP contribution in [0, 0.1) is 13.8 Å². The Kier molecular flexibility index (Phi) is 4.77. The molecule has 4 heteroatoms. The van der Waals surface area contributed by atoms with Crippen molar-refractivity contribution in [3.63, 3.8) is 0 Å². The zero-order valence-electron chi connectivity index (χ0n) is 8.39. The summed E-state index contributed by atoms with van der Waals surface area (Å²) in [5, 5.41) is 4.57. The van der Waals surface area contributed by atoms with Crippen LogP contribution in [0.5, 0.6) is 0 Å². The van der Waals surface area contributed by atoms with Gasteiger partial charge in [0.1, 0.15) is 0 Å². The first-order chi connectivity index (χ1) is 6.24. The van der Waals surface area contributed by atoms with E-state index < -0.39 is 0 Å². The number of thiazole rings is 1. The van der Waals surface area contributed by atoms with Crippen molar-refractivity contribution >= 4 is 23.1 Å². The van der Waals surface area contributed by atoms with Crippen LogP contribution >= 0.6 is 23.1 Å². The smallest absolute Gasteiger partial charge is 0.0900 e. The molecule has 0 spiro atoms. The van der Waals surface area contributed by atoms with E-state index in [1.165, 1.54) is 21.3 Å². The highest BCUT2D eigenvalue weighted by Crippen LogP contribution is 2.16. The van der Waals surface area contributed by atoms with Gasteiger partial charge in [-0.25, -0.2) is 4.98 Å².